The van der Waals surface area contributed by atoms with Crippen molar-refractivity contribution in [2.45, 2.75) is 20.8 Å². The molecule has 5 nitrogen and oxygen atoms in total. The van der Waals surface area contributed by atoms with Crippen LogP contribution in [0.4, 0.5) is 0 Å². The number of ether oxygens (including phenoxy) is 1. The Bertz CT molecular complexity index is 658. The summed E-state index contributed by atoms with van der Waals surface area (Å²) in [7, 11) is 0. The van der Waals surface area contributed by atoms with Gasteiger partial charge < -0.3 is 4.74 Å². The highest BCUT2D eigenvalue weighted by Crippen LogP contribution is 2.17. The van der Waals surface area contributed by atoms with Gasteiger partial charge in [-0.3, -0.25) is 9.78 Å². The molecule has 0 unspecified atom stereocenters. The number of hydrogen-bond acceptors (Lipinski definition) is 5. The van der Waals surface area contributed by atoms with E-state index in [4.69, 9.17) is 4.74 Å². The van der Waals surface area contributed by atoms with Crippen molar-refractivity contribution in [3.63, 3.8) is 0 Å². The van der Waals surface area contributed by atoms with Crippen LogP contribution in [0.2, 0.25) is 0 Å². The van der Waals surface area contributed by atoms with Crippen molar-refractivity contribution in [3.8, 4) is 0 Å². The molecule has 0 bridgehead atoms. The first-order valence-corrected chi connectivity index (χ1v) is 6.53. The van der Waals surface area contributed by atoms with Crippen LogP contribution in [-0.4, -0.2) is 28.3 Å². The summed E-state index contributed by atoms with van der Waals surface area (Å²) in [5.74, 6) is -0.874. The van der Waals surface area contributed by atoms with Crippen LogP contribution in [-0.2, 0) is 4.74 Å². The molecule has 0 fully saturated rings. The molecule has 0 atom stereocenters. The summed E-state index contributed by atoms with van der Waals surface area (Å²) >= 11 is 0. The summed E-state index contributed by atoms with van der Waals surface area (Å²) in [5.41, 5.74) is 3.55. The van der Waals surface area contributed by atoms with Gasteiger partial charge in [-0.25, -0.2) is 9.78 Å². The molecule has 0 aliphatic carbocycles. The van der Waals surface area contributed by atoms with Gasteiger partial charge in [0.05, 0.1) is 6.20 Å². The van der Waals surface area contributed by atoms with E-state index in [1.807, 2.05) is 32.9 Å². The number of carbonyl (C=O) groups excluding carboxylic acids is 2. The van der Waals surface area contributed by atoms with E-state index >= 15 is 0 Å². The number of carbonyl (C=O) groups is 2. The highest BCUT2D eigenvalue weighted by Gasteiger charge is 2.16. The standard InChI is InChI=1S/C16H16N2O3/c1-10-6-11(2)15(12(3)7-10)14(19)9-21-16(20)13-8-17-4-5-18-13/h4-8H,9H2,1-3H3. The zero-order chi connectivity index (χ0) is 15.4. The normalized spacial score (nSPS) is 10.2. The second kappa shape index (κ2) is 6.26. The minimum Gasteiger partial charge on any atom is -0.453 e. The summed E-state index contributed by atoms with van der Waals surface area (Å²) in [6, 6.07) is 3.87. The number of nitrogens with zero attached hydrogens (tertiary/aromatic N) is 2. The van der Waals surface area contributed by atoms with Crippen LogP contribution in [0, 0.1) is 20.8 Å². The van der Waals surface area contributed by atoms with Crippen LogP contribution in [0.15, 0.2) is 30.7 Å². The first-order chi connectivity index (χ1) is 9.99. The number of benzene rings is 1. The van der Waals surface area contributed by atoms with Crippen molar-refractivity contribution in [1.29, 1.82) is 0 Å². The number of aromatic nitrogens is 2. The van der Waals surface area contributed by atoms with E-state index in [-0.39, 0.29) is 18.1 Å². The van der Waals surface area contributed by atoms with Crippen molar-refractivity contribution in [2.75, 3.05) is 6.61 Å². The lowest BCUT2D eigenvalue weighted by Gasteiger charge is -2.10. The summed E-state index contributed by atoms with van der Waals surface area (Å²) in [5, 5.41) is 0. The van der Waals surface area contributed by atoms with Gasteiger partial charge in [0, 0.05) is 18.0 Å². The topological polar surface area (TPSA) is 69.2 Å². The SMILES string of the molecule is Cc1cc(C)c(C(=O)COC(=O)c2cnccn2)c(C)c1. The second-order valence-electron chi connectivity index (χ2n) is 4.86. The van der Waals surface area contributed by atoms with Gasteiger partial charge in [0.1, 0.15) is 0 Å². The molecule has 0 spiro atoms. The van der Waals surface area contributed by atoms with Crippen molar-refractivity contribution in [3.05, 3.63) is 58.7 Å². The van der Waals surface area contributed by atoms with Crippen LogP contribution >= 0.6 is 0 Å². The maximum absolute atomic E-state index is 12.2. The van der Waals surface area contributed by atoms with Crippen molar-refractivity contribution >= 4 is 11.8 Å². The Morgan fingerprint density at radius 3 is 2.33 bits per heavy atom. The number of esters is 1. The zero-order valence-corrected chi connectivity index (χ0v) is 12.2. The Labute approximate surface area is 123 Å². The molecule has 1 heterocycles. The molecule has 0 saturated carbocycles. The van der Waals surface area contributed by atoms with E-state index < -0.39 is 5.97 Å². The maximum atomic E-state index is 12.2. The molecule has 2 aromatic rings. The molecule has 108 valence electrons. The van der Waals surface area contributed by atoms with Gasteiger partial charge in [0.15, 0.2) is 12.3 Å². The molecule has 0 aliphatic heterocycles. The molecule has 5 heteroatoms. The number of ketones is 1. The number of aryl methyl sites for hydroxylation is 3. The third kappa shape index (κ3) is 3.51. The first-order valence-electron chi connectivity index (χ1n) is 6.53. The van der Waals surface area contributed by atoms with E-state index in [0.717, 1.165) is 16.7 Å². The fourth-order valence-corrected chi connectivity index (χ4v) is 2.30. The van der Waals surface area contributed by atoms with E-state index in [1.54, 1.807) is 0 Å². The third-order valence-corrected chi connectivity index (χ3v) is 3.06. The average molecular weight is 284 g/mol. The van der Waals surface area contributed by atoms with Crippen LogP contribution in [0.1, 0.15) is 37.5 Å². The van der Waals surface area contributed by atoms with Gasteiger partial charge in [-0.2, -0.15) is 0 Å². The van der Waals surface area contributed by atoms with Gasteiger partial charge in [-0.05, 0) is 31.9 Å². The van der Waals surface area contributed by atoms with Crippen molar-refractivity contribution in [1.82, 2.24) is 9.97 Å². The maximum Gasteiger partial charge on any atom is 0.358 e. The number of hydrogen-bond donors (Lipinski definition) is 0. The van der Waals surface area contributed by atoms with Crippen LogP contribution in [0.3, 0.4) is 0 Å². The quantitative estimate of drug-likeness (QED) is 0.637. The van der Waals surface area contributed by atoms with Gasteiger partial charge in [-0.15, -0.1) is 0 Å². The minimum absolute atomic E-state index is 0.0858. The molecular weight excluding hydrogens is 268 g/mol. The molecule has 0 radical (unpaired) electrons. The summed E-state index contributed by atoms with van der Waals surface area (Å²) < 4.78 is 4.99. The molecule has 0 aliphatic rings. The Kier molecular flexibility index (Phi) is 4.42. The highest BCUT2D eigenvalue weighted by molar-refractivity contribution is 6.01. The molecular formula is C16H16N2O3. The average Bonchev–Trinajstić information content (AvgIpc) is 2.44. The molecule has 1 aromatic carbocycles. The van der Waals surface area contributed by atoms with E-state index in [1.165, 1.54) is 18.6 Å². The largest absolute Gasteiger partial charge is 0.453 e. The van der Waals surface area contributed by atoms with Crippen LogP contribution in [0.5, 0.6) is 0 Å². The summed E-state index contributed by atoms with van der Waals surface area (Å²) in [6.45, 7) is 5.41. The highest BCUT2D eigenvalue weighted by atomic mass is 16.5. The zero-order valence-electron chi connectivity index (χ0n) is 12.2. The van der Waals surface area contributed by atoms with E-state index in [0.29, 0.717) is 5.56 Å². The fraction of sp³-hybridized carbons (Fsp3) is 0.250. The van der Waals surface area contributed by atoms with E-state index in [2.05, 4.69) is 9.97 Å². The molecule has 2 rings (SSSR count). The Morgan fingerprint density at radius 2 is 1.76 bits per heavy atom. The first kappa shape index (κ1) is 14.8. The molecule has 1 aromatic heterocycles. The Hall–Kier alpha value is -2.56. The van der Waals surface area contributed by atoms with Crippen molar-refractivity contribution < 1.29 is 14.3 Å². The fourth-order valence-electron chi connectivity index (χ4n) is 2.30. The predicted octanol–water partition coefficient (Wildman–Crippen LogP) is 2.44. The lowest BCUT2D eigenvalue weighted by molar-refractivity contribution is 0.0468. The lowest BCUT2D eigenvalue weighted by atomic mass is 9.97. The number of Topliss-reactive ketones (excluding diaryl/α,β-unsaturated/α-hetero) is 1. The lowest BCUT2D eigenvalue weighted by Crippen LogP contribution is -2.17. The van der Waals surface area contributed by atoms with Gasteiger partial charge in [0.2, 0.25) is 5.78 Å². The van der Waals surface area contributed by atoms with Gasteiger partial charge in [0.25, 0.3) is 0 Å². The smallest absolute Gasteiger partial charge is 0.358 e. The second-order valence-corrected chi connectivity index (χ2v) is 4.86. The predicted molar refractivity (Wildman–Crippen MR) is 77.3 cm³/mol. The Balaban J connectivity index is 2.08. The molecule has 0 N–H and O–H groups in total. The van der Waals surface area contributed by atoms with Crippen LogP contribution < -0.4 is 0 Å². The monoisotopic (exact) mass is 284 g/mol. The molecule has 0 amide bonds. The van der Waals surface area contributed by atoms with E-state index in [9.17, 15) is 9.59 Å². The molecule has 21 heavy (non-hydrogen) atoms. The van der Waals surface area contributed by atoms with Gasteiger partial charge in [-0.1, -0.05) is 17.7 Å². The summed E-state index contributed by atoms with van der Waals surface area (Å²) in [6.07, 6.45) is 4.16. The third-order valence-electron chi connectivity index (χ3n) is 3.06. The Morgan fingerprint density at radius 1 is 1.10 bits per heavy atom. The number of rotatable bonds is 4. The van der Waals surface area contributed by atoms with Crippen LogP contribution in [0.25, 0.3) is 0 Å². The van der Waals surface area contributed by atoms with Crippen molar-refractivity contribution in [2.24, 2.45) is 0 Å². The molecule has 0 saturated heterocycles. The minimum atomic E-state index is -0.654. The summed E-state index contributed by atoms with van der Waals surface area (Å²) in [4.78, 5) is 31.6. The van der Waals surface area contributed by atoms with Gasteiger partial charge >= 0.3 is 5.97 Å².